The van der Waals surface area contributed by atoms with Crippen LogP contribution in [0.4, 0.5) is 4.39 Å². The van der Waals surface area contributed by atoms with Gasteiger partial charge in [-0.3, -0.25) is 0 Å². The Bertz CT molecular complexity index is 448. The third-order valence-corrected chi connectivity index (χ3v) is 3.04. The van der Waals surface area contributed by atoms with Crippen molar-refractivity contribution in [2.75, 3.05) is 0 Å². The Morgan fingerprint density at radius 2 is 2.27 bits per heavy atom. The fraction of sp³-hybridized carbons (Fsp3) is 0.182. The van der Waals surface area contributed by atoms with Crippen LogP contribution in [-0.4, -0.2) is 0 Å². The maximum atomic E-state index is 13.0. The van der Waals surface area contributed by atoms with E-state index in [1.165, 1.54) is 12.1 Å². The quantitative estimate of drug-likeness (QED) is 0.737. The zero-order chi connectivity index (χ0) is 11.4. The van der Waals surface area contributed by atoms with Gasteiger partial charge in [-0.1, -0.05) is 34.5 Å². The van der Waals surface area contributed by atoms with Crippen molar-refractivity contribution in [2.45, 2.75) is 13.3 Å². The molecule has 0 unspecified atom stereocenters. The molecule has 0 saturated heterocycles. The second kappa shape index (κ2) is 5.29. The SMILES string of the molecule is CCC(C#N)=C(Cl)c1cc(F)ccc1Br. The lowest BCUT2D eigenvalue weighted by molar-refractivity contribution is 0.627. The van der Waals surface area contributed by atoms with E-state index in [0.29, 0.717) is 27.1 Å². The van der Waals surface area contributed by atoms with Crippen LogP contribution >= 0.6 is 27.5 Å². The predicted octanol–water partition coefficient (Wildman–Crippen LogP) is 4.47. The number of halogens is 3. The van der Waals surface area contributed by atoms with E-state index in [1.807, 2.05) is 13.0 Å². The molecule has 0 fully saturated rings. The Labute approximate surface area is 101 Å². The van der Waals surface area contributed by atoms with E-state index < -0.39 is 0 Å². The lowest BCUT2D eigenvalue weighted by Crippen LogP contribution is -1.87. The van der Waals surface area contributed by atoms with Crippen LogP contribution in [0.5, 0.6) is 0 Å². The summed E-state index contributed by atoms with van der Waals surface area (Å²) in [7, 11) is 0. The van der Waals surface area contributed by atoms with Crippen LogP contribution in [0.3, 0.4) is 0 Å². The van der Waals surface area contributed by atoms with E-state index in [-0.39, 0.29) is 5.82 Å². The molecule has 0 heterocycles. The molecule has 15 heavy (non-hydrogen) atoms. The maximum Gasteiger partial charge on any atom is 0.123 e. The molecular weight excluding hydrogens is 280 g/mol. The van der Waals surface area contributed by atoms with Gasteiger partial charge in [-0.2, -0.15) is 5.26 Å². The standard InChI is InChI=1S/C11H8BrClFN/c1-2-7(6-15)11(13)9-5-8(14)3-4-10(9)12/h3-5H,2H2,1H3. The third-order valence-electron chi connectivity index (χ3n) is 1.92. The first-order valence-electron chi connectivity index (χ1n) is 4.34. The monoisotopic (exact) mass is 287 g/mol. The van der Waals surface area contributed by atoms with Crippen molar-refractivity contribution in [1.29, 1.82) is 5.26 Å². The molecule has 0 aliphatic heterocycles. The molecular formula is C11H8BrClFN. The van der Waals surface area contributed by atoms with Gasteiger partial charge >= 0.3 is 0 Å². The van der Waals surface area contributed by atoms with Crippen molar-refractivity contribution in [3.05, 3.63) is 39.6 Å². The highest BCUT2D eigenvalue weighted by atomic mass is 79.9. The van der Waals surface area contributed by atoms with Crippen LogP contribution < -0.4 is 0 Å². The molecule has 1 aromatic rings. The Morgan fingerprint density at radius 1 is 1.60 bits per heavy atom. The highest BCUT2D eigenvalue weighted by Crippen LogP contribution is 2.31. The van der Waals surface area contributed by atoms with Gasteiger partial charge in [-0.25, -0.2) is 4.39 Å². The fourth-order valence-electron chi connectivity index (χ4n) is 1.11. The van der Waals surface area contributed by atoms with Gasteiger partial charge in [0, 0.05) is 15.6 Å². The van der Waals surface area contributed by atoms with Crippen LogP contribution in [-0.2, 0) is 0 Å². The molecule has 1 rings (SSSR count). The Kier molecular flexibility index (Phi) is 4.31. The summed E-state index contributed by atoms with van der Waals surface area (Å²) in [5.41, 5.74) is 0.957. The summed E-state index contributed by atoms with van der Waals surface area (Å²) >= 11 is 9.27. The Balaban J connectivity index is 3.34. The van der Waals surface area contributed by atoms with Crippen LogP contribution in [0, 0.1) is 17.1 Å². The number of hydrogen-bond acceptors (Lipinski definition) is 1. The van der Waals surface area contributed by atoms with Crippen LogP contribution in [0.25, 0.3) is 5.03 Å². The van der Waals surface area contributed by atoms with Crippen molar-refractivity contribution in [2.24, 2.45) is 0 Å². The van der Waals surface area contributed by atoms with Gasteiger partial charge in [-0.15, -0.1) is 0 Å². The van der Waals surface area contributed by atoms with Crippen molar-refractivity contribution < 1.29 is 4.39 Å². The molecule has 4 heteroatoms. The normalized spacial score (nSPS) is 11.9. The molecule has 0 bridgehead atoms. The molecule has 0 aromatic heterocycles. The van der Waals surface area contributed by atoms with Gasteiger partial charge in [-0.05, 0) is 24.6 Å². The minimum Gasteiger partial charge on any atom is -0.207 e. The minimum atomic E-state index is -0.375. The highest BCUT2D eigenvalue weighted by molar-refractivity contribution is 9.10. The summed E-state index contributed by atoms with van der Waals surface area (Å²) in [4.78, 5) is 0. The molecule has 0 aliphatic rings. The van der Waals surface area contributed by atoms with Gasteiger partial charge in [0.15, 0.2) is 0 Å². The highest BCUT2D eigenvalue weighted by Gasteiger charge is 2.09. The predicted molar refractivity (Wildman–Crippen MR) is 62.8 cm³/mol. The van der Waals surface area contributed by atoms with Crippen LogP contribution in [0.1, 0.15) is 18.9 Å². The first-order valence-corrected chi connectivity index (χ1v) is 5.51. The van der Waals surface area contributed by atoms with Gasteiger partial charge < -0.3 is 0 Å². The Morgan fingerprint density at radius 3 is 2.80 bits per heavy atom. The fourth-order valence-corrected chi connectivity index (χ4v) is 2.00. The van der Waals surface area contributed by atoms with E-state index in [9.17, 15) is 4.39 Å². The van der Waals surface area contributed by atoms with Crippen LogP contribution in [0.15, 0.2) is 28.2 Å². The van der Waals surface area contributed by atoms with Crippen molar-refractivity contribution in [3.63, 3.8) is 0 Å². The van der Waals surface area contributed by atoms with Gasteiger partial charge in [0.05, 0.1) is 11.1 Å². The smallest absolute Gasteiger partial charge is 0.123 e. The summed E-state index contributed by atoms with van der Waals surface area (Å²) in [6, 6.07) is 6.20. The van der Waals surface area contributed by atoms with Crippen molar-refractivity contribution in [1.82, 2.24) is 0 Å². The molecule has 0 aliphatic carbocycles. The zero-order valence-electron chi connectivity index (χ0n) is 8.02. The number of rotatable bonds is 2. The first-order chi connectivity index (χ1) is 7.10. The number of nitriles is 1. The largest absolute Gasteiger partial charge is 0.207 e. The molecule has 0 spiro atoms. The van der Waals surface area contributed by atoms with Crippen molar-refractivity contribution >= 4 is 32.6 Å². The molecule has 0 atom stereocenters. The van der Waals surface area contributed by atoms with Gasteiger partial charge in [0.25, 0.3) is 0 Å². The summed E-state index contributed by atoms with van der Waals surface area (Å²) in [5.74, 6) is -0.375. The molecule has 78 valence electrons. The van der Waals surface area contributed by atoms with Crippen LogP contribution in [0.2, 0.25) is 0 Å². The zero-order valence-corrected chi connectivity index (χ0v) is 10.4. The van der Waals surface area contributed by atoms with Crippen molar-refractivity contribution in [3.8, 4) is 6.07 Å². The number of allylic oxidation sites excluding steroid dienone is 1. The molecule has 1 aromatic carbocycles. The van der Waals surface area contributed by atoms with E-state index in [4.69, 9.17) is 16.9 Å². The summed E-state index contributed by atoms with van der Waals surface area (Å²) in [5, 5.41) is 9.11. The average molecular weight is 289 g/mol. The summed E-state index contributed by atoms with van der Waals surface area (Å²) in [6.45, 7) is 1.83. The van der Waals surface area contributed by atoms with Gasteiger partial charge in [0.1, 0.15) is 5.82 Å². The average Bonchev–Trinajstić information content (AvgIpc) is 2.23. The number of hydrogen-bond donors (Lipinski definition) is 0. The summed E-state index contributed by atoms with van der Waals surface area (Å²) < 4.78 is 13.7. The third kappa shape index (κ3) is 2.80. The van der Waals surface area contributed by atoms with E-state index in [1.54, 1.807) is 6.07 Å². The Hall–Kier alpha value is -0.850. The lowest BCUT2D eigenvalue weighted by atomic mass is 10.1. The first kappa shape index (κ1) is 12.2. The van der Waals surface area contributed by atoms with E-state index >= 15 is 0 Å². The summed E-state index contributed by atoms with van der Waals surface area (Å²) in [6.07, 6.45) is 0.526. The lowest BCUT2D eigenvalue weighted by Gasteiger charge is -2.05. The molecule has 1 nitrogen and oxygen atoms in total. The second-order valence-corrected chi connectivity index (χ2v) is 4.11. The van der Waals surface area contributed by atoms with E-state index in [0.717, 1.165) is 0 Å². The number of benzene rings is 1. The maximum absolute atomic E-state index is 13.0. The molecule has 0 amide bonds. The topological polar surface area (TPSA) is 23.8 Å². The van der Waals surface area contributed by atoms with Gasteiger partial charge in [0.2, 0.25) is 0 Å². The van der Waals surface area contributed by atoms with E-state index in [2.05, 4.69) is 15.9 Å². The number of nitrogens with zero attached hydrogens (tertiary/aromatic N) is 1. The minimum absolute atomic E-state index is 0.298. The molecule has 0 radical (unpaired) electrons. The molecule has 0 N–H and O–H groups in total. The second-order valence-electron chi connectivity index (χ2n) is 2.88. The molecule has 0 saturated carbocycles.